The van der Waals surface area contributed by atoms with E-state index in [1.165, 1.54) is 6.21 Å². The molecular weight excluding hydrogens is 480 g/mol. The first kappa shape index (κ1) is 26.6. The average Bonchev–Trinajstić information content (AvgIpc) is 2.92. The zero-order valence-electron chi connectivity index (χ0n) is 21.8. The maximum atomic E-state index is 13.8. The summed E-state index contributed by atoms with van der Waals surface area (Å²) in [6.45, 7) is 4.27. The highest BCUT2D eigenvalue weighted by molar-refractivity contribution is 6.31. The highest BCUT2D eigenvalue weighted by Gasteiger charge is 2.29. The largest absolute Gasteiger partial charge is 0.388 e. The molecule has 1 aliphatic rings. The minimum absolute atomic E-state index is 0.00450. The van der Waals surface area contributed by atoms with Gasteiger partial charge in [-0.05, 0) is 92.5 Å². The van der Waals surface area contributed by atoms with Crippen LogP contribution in [0, 0.1) is 11.3 Å². The maximum Gasteiger partial charge on any atom is 0.230 e. The molecule has 3 aromatic carbocycles. The summed E-state index contributed by atoms with van der Waals surface area (Å²) in [6, 6.07) is 20.1. The topological polar surface area (TPSA) is 59.4 Å². The molecule has 0 spiro atoms. The predicted octanol–water partition coefficient (Wildman–Crippen LogP) is 6.95. The molecule has 1 fully saturated rings. The van der Waals surface area contributed by atoms with Gasteiger partial charge in [-0.1, -0.05) is 54.1 Å². The Hall–Kier alpha value is -3.41. The summed E-state index contributed by atoms with van der Waals surface area (Å²) < 4.78 is 0. The van der Waals surface area contributed by atoms with Crippen molar-refractivity contribution in [1.29, 1.82) is 5.41 Å². The number of nitrogens with one attached hydrogen (secondary N) is 2. The number of hydrogen-bond acceptors (Lipinski definition) is 4. The first-order valence-electron chi connectivity index (χ1n) is 12.8. The number of likely N-dealkylation sites (tertiary alicyclic amines) is 1. The summed E-state index contributed by atoms with van der Waals surface area (Å²) in [5.41, 5.74) is 6.54. The molecule has 2 N–H and O–H groups in total. The third-order valence-electron chi connectivity index (χ3n) is 7.07. The van der Waals surface area contributed by atoms with Gasteiger partial charge in [0.15, 0.2) is 0 Å². The predicted molar refractivity (Wildman–Crippen MR) is 157 cm³/mol. The van der Waals surface area contributed by atoms with Gasteiger partial charge in [0.2, 0.25) is 5.91 Å². The van der Waals surface area contributed by atoms with E-state index in [2.05, 4.69) is 23.3 Å². The van der Waals surface area contributed by atoms with Crippen LogP contribution in [0.3, 0.4) is 0 Å². The summed E-state index contributed by atoms with van der Waals surface area (Å²) in [4.78, 5) is 18.0. The van der Waals surface area contributed by atoms with Crippen LogP contribution in [0.4, 0.5) is 11.4 Å². The van der Waals surface area contributed by atoms with Gasteiger partial charge in [0.25, 0.3) is 0 Å². The quantitative estimate of drug-likeness (QED) is 0.319. The number of anilines is 2. The van der Waals surface area contributed by atoms with Gasteiger partial charge in [-0.15, -0.1) is 0 Å². The molecule has 1 heterocycles. The van der Waals surface area contributed by atoms with Crippen molar-refractivity contribution >= 4 is 41.2 Å². The Morgan fingerprint density at radius 3 is 2.51 bits per heavy atom. The molecule has 1 amide bonds. The van der Waals surface area contributed by atoms with Crippen LogP contribution in [0.2, 0.25) is 5.02 Å². The molecule has 0 radical (unpaired) electrons. The second-order valence-corrected chi connectivity index (χ2v) is 10.0. The van der Waals surface area contributed by atoms with Crippen LogP contribution in [0.15, 0.2) is 66.7 Å². The molecular formula is C31H35ClN4O. The fourth-order valence-electron chi connectivity index (χ4n) is 4.88. The smallest absolute Gasteiger partial charge is 0.230 e. The van der Waals surface area contributed by atoms with E-state index in [0.29, 0.717) is 11.6 Å². The fourth-order valence-corrected chi connectivity index (χ4v) is 5.12. The van der Waals surface area contributed by atoms with E-state index in [1.807, 2.05) is 85.6 Å². The summed E-state index contributed by atoms with van der Waals surface area (Å²) in [5, 5.41) is 11.5. The molecule has 5 nitrogen and oxygen atoms in total. The first-order chi connectivity index (χ1) is 17.9. The van der Waals surface area contributed by atoms with Crippen LogP contribution in [0.5, 0.6) is 0 Å². The van der Waals surface area contributed by atoms with Crippen molar-refractivity contribution in [3.05, 3.63) is 88.5 Å². The number of allylic oxidation sites excluding steroid dienone is 1. The van der Waals surface area contributed by atoms with Gasteiger partial charge in [-0.3, -0.25) is 4.79 Å². The number of carbonyl (C=O) groups excluding carboxylic acids is 1. The van der Waals surface area contributed by atoms with E-state index in [4.69, 9.17) is 17.0 Å². The van der Waals surface area contributed by atoms with Crippen LogP contribution >= 0.6 is 11.6 Å². The Morgan fingerprint density at radius 2 is 1.84 bits per heavy atom. The van der Waals surface area contributed by atoms with Crippen molar-refractivity contribution in [3.8, 4) is 11.1 Å². The molecule has 1 aliphatic heterocycles. The van der Waals surface area contributed by atoms with Crippen molar-refractivity contribution in [3.63, 3.8) is 0 Å². The lowest BCUT2D eigenvalue weighted by Gasteiger charge is -2.33. The lowest BCUT2D eigenvalue weighted by atomic mass is 9.94. The zero-order chi connectivity index (χ0) is 26.4. The van der Waals surface area contributed by atoms with Gasteiger partial charge in [0, 0.05) is 41.1 Å². The number of carbonyl (C=O) groups is 1. The number of benzene rings is 3. The Bertz CT molecular complexity index is 1290. The van der Waals surface area contributed by atoms with Gasteiger partial charge in [-0.25, -0.2) is 0 Å². The molecule has 37 heavy (non-hydrogen) atoms. The average molecular weight is 515 g/mol. The van der Waals surface area contributed by atoms with Crippen LogP contribution in [0.1, 0.15) is 36.5 Å². The van der Waals surface area contributed by atoms with Gasteiger partial charge in [-0.2, -0.15) is 0 Å². The molecule has 6 heteroatoms. The van der Waals surface area contributed by atoms with Crippen LogP contribution in [-0.4, -0.2) is 44.2 Å². The second-order valence-electron chi connectivity index (χ2n) is 9.60. The maximum absolute atomic E-state index is 13.8. The number of halogens is 1. The molecule has 0 atom stereocenters. The standard InChI is InChI=1S/C31H35ClN4O/c1-4-6-22-7-5-8-28(17-22)36(31(37)23-13-15-35(3)16-14-23)21-26-10-9-25(19-29(26)32)24-11-12-30(34-2)27(18-24)20-33/h4-12,17-20,23,33-34H,13-16,21H2,1-3H3/b6-4+,33-20?. The van der Waals surface area contributed by atoms with Crippen molar-refractivity contribution in [1.82, 2.24) is 4.90 Å². The highest BCUT2D eigenvalue weighted by atomic mass is 35.5. The number of piperidine rings is 1. The van der Waals surface area contributed by atoms with Gasteiger partial charge >= 0.3 is 0 Å². The van der Waals surface area contributed by atoms with Crippen LogP contribution in [-0.2, 0) is 11.3 Å². The lowest BCUT2D eigenvalue weighted by Crippen LogP contribution is -2.41. The molecule has 0 aromatic heterocycles. The van der Waals surface area contributed by atoms with Gasteiger partial charge < -0.3 is 20.5 Å². The lowest BCUT2D eigenvalue weighted by molar-refractivity contribution is -0.123. The van der Waals surface area contributed by atoms with E-state index in [-0.39, 0.29) is 11.8 Å². The van der Waals surface area contributed by atoms with Crippen molar-refractivity contribution < 1.29 is 4.79 Å². The zero-order valence-corrected chi connectivity index (χ0v) is 22.6. The second kappa shape index (κ2) is 12.2. The molecule has 0 unspecified atom stereocenters. The van der Waals surface area contributed by atoms with Crippen molar-refractivity contribution in [2.24, 2.45) is 5.92 Å². The van der Waals surface area contributed by atoms with Gasteiger partial charge in [0.05, 0.1) is 6.54 Å². The molecule has 3 aromatic rings. The minimum Gasteiger partial charge on any atom is -0.388 e. The van der Waals surface area contributed by atoms with E-state index in [9.17, 15) is 4.79 Å². The SMILES string of the molecule is C/C=C/c1cccc(N(Cc2ccc(-c3ccc(NC)c(C=N)c3)cc2Cl)C(=O)C2CCN(C)CC2)c1. The number of rotatable bonds is 8. The summed E-state index contributed by atoms with van der Waals surface area (Å²) in [6.07, 6.45) is 7.13. The summed E-state index contributed by atoms with van der Waals surface area (Å²) in [7, 11) is 3.96. The van der Waals surface area contributed by atoms with Crippen molar-refractivity contribution in [2.45, 2.75) is 26.3 Å². The molecule has 0 saturated carbocycles. The monoisotopic (exact) mass is 514 g/mol. The van der Waals surface area contributed by atoms with E-state index < -0.39 is 0 Å². The Kier molecular flexibility index (Phi) is 8.80. The number of hydrogen-bond donors (Lipinski definition) is 2. The molecule has 0 aliphatic carbocycles. The van der Waals surface area contributed by atoms with Gasteiger partial charge in [0.1, 0.15) is 0 Å². The minimum atomic E-state index is 0.00450. The van der Waals surface area contributed by atoms with Crippen LogP contribution < -0.4 is 10.2 Å². The molecule has 0 bridgehead atoms. The molecule has 1 saturated heterocycles. The normalized spacial score (nSPS) is 14.6. The van der Waals surface area contributed by atoms with Crippen LogP contribution in [0.25, 0.3) is 17.2 Å². The third-order valence-corrected chi connectivity index (χ3v) is 7.42. The van der Waals surface area contributed by atoms with E-state index in [1.54, 1.807) is 0 Å². The fraction of sp³-hybridized carbons (Fsp3) is 0.290. The number of amides is 1. The van der Waals surface area contributed by atoms with Crippen molar-refractivity contribution in [2.75, 3.05) is 37.4 Å². The Balaban J connectivity index is 1.65. The highest BCUT2D eigenvalue weighted by Crippen LogP contribution is 2.31. The Morgan fingerprint density at radius 1 is 1.11 bits per heavy atom. The molecule has 4 rings (SSSR count). The summed E-state index contributed by atoms with van der Waals surface area (Å²) >= 11 is 6.82. The van der Waals surface area contributed by atoms with E-state index >= 15 is 0 Å². The molecule has 192 valence electrons. The first-order valence-corrected chi connectivity index (χ1v) is 13.1. The number of nitrogens with zero attached hydrogens (tertiary/aromatic N) is 2. The van der Waals surface area contributed by atoms with E-state index in [0.717, 1.165) is 65.1 Å². The summed E-state index contributed by atoms with van der Waals surface area (Å²) in [5.74, 6) is 0.161. The third kappa shape index (κ3) is 6.30. The Labute approximate surface area is 225 Å².